The van der Waals surface area contributed by atoms with Crippen molar-refractivity contribution in [2.45, 2.75) is 0 Å². The molecule has 0 fully saturated rings. The second kappa shape index (κ2) is 10.0. The van der Waals surface area contributed by atoms with E-state index in [9.17, 15) is 24.3 Å². The zero-order chi connectivity index (χ0) is 29.7. The maximum absolute atomic E-state index is 12.9. The molecule has 9 heteroatoms. The van der Waals surface area contributed by atoms with Crippen molar-refractivity contribution in [2.24, 2.45) is 0 Å². The number of imide groups is 2. The summed E-state index contributed by atoms with van der Waals surface area (Å²) >= 11 is 0. The van der Waals surface area contributed by atoms with Crippen molar-refractivity contribution in [3.63, 3.8) is 0 Å². The lowest BCUT2D eigenvalue weighted by Crippen LogP contribution is -2.29. The van der Waals surface area contributed by atoms with Gasteiger partial charge in [0.05, 0.1) is 33.6 Å². The van der Waals surface area contributed by atoms with Gasteiger partial charge < -0.3 is 14.6 Å². The lowest BCUT2D eigenvalue weighted by Gasteiger charge is -2.16. The quantitative estimate of drug-likeness (QED) is 0.230. The molecule has 7 rings (SSSR count). The van der Waals surface area contributed by atoms with Gasteiger partial charge >= 0.3 is 0 Å². The molecule has 0 saturated carbocycles. The molecule has 0 bridgehead atoms. The minimum atomic E-state index is -0.535. The van der Waals surface area contributed by atoms with Crippen LogP contribution in [0.5, 0.6) is 28.7 Å². The van der Waals surface area contributed by atoms with E-state index in [1.54, 1.807) is 97.1 Å². The molecule has 5 aromatic carbocycles. The Bertz CT molecular complexity index is 1970. The Labute approximate surface area is 244 Å². The number of nitrogens with zero attached hydrogens (tertiary/aromatic N) is 2. The number of benzene rings is 5. The van der Waals surface area contributed by atoms with Crippen LogP contribution in [0.2, 0.25) is 0 Å². The number of aromatic hydroxyl groups is 1. The molecule has 0 atom stereocenters. The van der Waals surface area contributed by atoms with Crippen molar-refractivity contribution in [1.82, 2.24) is 0 Å². The van der Waals surface area contributed by atoms with Gasteiger partial charge in [-0.1, -0.05) is 30.3 Å². The van der Waals surface area contributed by atoms with Crippen molar-refractivity contribution in [1.29, 1.82) is 0 Å². The van der Waals surface area contributed by atoms with Gasteiger partial charge in [-0.15, -0.1) is 0 Å². The van der Waals surface area contributed by atoms with Crippen LogP contribution in [0.4, 0.5) is 11.4 Å². The Hall–Kier alpha value is -6.22. The monoisotopic (exact) mass is 568 g/mol. The van der Waals surface area contributed by atoms with E-state index in [0.717, 1.165) is 9.80 Å². The minimum Gasteiger partial charge on any atom is -0.508 e. The fourth-order valence-electron chi connectivity index (χ4n) is 5.13. The molecule has 4 amide bonds. The predicted octanol–water partition coefficient (Wildman–Crippen LogP) is 6.58. The fraction of sp³-hybridized carbons (Fsp3) is 0. The molecular weight excluding hydrogens is 548 g/mol. The summed E-state index contributed by atoms with van der Waals surface area (Å²) < 4.78 is 12.1. The number of ether oxygens (including phenoxy) is 2. The molecule has 1 N–H and O–H groups in total. The smallest absolute Gasteiger partial charge is 0.266 e. The number of hydrogen-bond donors (Lipinski definition) is 1. The van der Waals surface area contributed by atoms with Gasteiger partial charge in [0.2, 0.25) is 0 Å². The van der Waals surface area contributed by atoms with Crippen molar-refractivity contribution >= 4 is 35.0 Å². The Morgan fingerprint density at radius 3 is 1.35 bits per heavy atom. The van der Waals surface area contributed by atoms with Gasteiger partial charge in [-0.3, -0.25) is 19.2 Å². The van der Waals surface area contributed by atoms with Crippen molar-refractivity contribution < 1.29 is 33.8 Å². The molecule has 0 aliphatic carbocycles. The van der Waals surface area contributed by atoms with Crippen LogP contribution in [0.25, 0.3) is 0 Å². The van der Waals surface area contributed by atoms with Crippen LogP contribution in [-0.4, -0.2) is 28.7 Å². The number of phenols is 1. The van der Waals surface area contributed by atoms with Crippen LogP contribution in [0, 0.1) is 0 Å². The van der Waals surface area contributed by atoms with Crippen LogP contribution < -0.4 is 19.3 Å². The van der Waals surface area contributed by atoms with Gasteiger partial charge in [0.1, 0.15) is 28.7 Å². The number of amides is 4. The summed E-state index contributed by atoms with van der Waals surface area (Å²) in [4.78, 5) is 53.9. The maximum Gasteiger partial charge on any atom is 0.266 e. The van der Waals surface area contributed by atoms with E-state index in [-0.39, 0.29) is 16.9 Å². The van der Waals surface area contributed by atoms with Gasteiger partial charge in [-0.25, -0.2) is 9.80 Å². The van der Waals surface area contributed by atoms with E-state index >= 15 is 0 Å². The average Bonchev–Trinajstić information content (AvgIpc) is 3.41. The zero-order valence-corrected chi connectivity index (χ0v) is 22.3. The third kappa shape index (κ3) is 4.45. The number of carbonyl (C=O) groups is 4. The summed E-state index contributed by atoms with van der Waals surface area (Å²) in [5, 5.41) is 9.76. The van der Waals surface area contributed by atoms with Gasteiger partial charge in [0.15, 0.2) is 0 Å². The number of rotatable bonds is 6. The highest BCUT2D eigenvalue weighted by Gasteiger charge is 2.38. The first kappa shape index (κ1) is 25.7. The third-order valence-electron chi connectivity index (χ3n) is 7.09. The van der Waals surface area contributed by atoms with Crippen molar-refractivity contribution in [3.8, 4) is 28.7 Å². The first-order valence-electron chi connectivity index (χ1n) is 13.2. The average molecular weight is 569 g/mol. The highest BCUT2D eigenvalue weighted by atomic mass is 16.5. The number of carbonyl (C=O) groups excluding carboxylic acids is 4. The van der Waals surface area contributed by atoms with Gasteiger partial charge in [0.25, 0.3) is 23.6 Å². The fourth-order valence-corrected chi connectivity index (χ4v) is 5.13. The van der Waals surface area contributed by atoms with E-state index in [1.165, 1.54) is 18.2 Å². The van der Waals surface area contributed by atoms with Crippen LogP contribution in [-0.2, 0) is 0 Å². The Balaban J connectivity index is 1.09. The molecular formula is C34H20N2O7. The number of fused-ring (bicyclic) bond motifs is 2. The summed E-state index contributed by atoms with van der Waals surface area (Å²) in [6.45, 7) is 0. The molecule has 5 aromatic rings. The first-order valence-corrected chi connectivity index (χ1v) is 13.2. The number of hydrogen-bond acceptors (Lipinski definition) is 7. The Kier molecular flexibility index (Phi) is 5.98. The van der Waals surface area contributed by atoms with E-state index in [4.69, 9.17) is 9.47 Å². The highest BCUT2D eigenvalue weighted by Crippen LogP contribution is 2.35. The molecule has 0 aromatic heterocycles. The van der Waals surface area contributed by atoms with Crippen LogP contribution in [0.1, 0.15) is 41.4 Å². The molecule has 0 radical (unpaired) electrons. The number of anilines is 2. The number of phenolic OH excluding ortho intramolecular Hbond substituents is 1. The Morgan fingerprint density at radius 2 is 0.837 bits per heavy atom. The zero-order valence-electron chi connectivity index (χ0n) is 22.3. The summed E-state index contributed by atoms with van der Waals surface area (Å²) in [6, 6.07) is 30.8. The largest absolute Gasteiger partial charge is 0.508 e. The van der Waals surface area contributed by atoms with Crippen molar-refractivity contribution in [2.75, 3.05) is 9.80 Å². The lowest BCUT2D eigenvalue weighted by molar-refractivity contribution is 0.0910. The molecule has 0 unspecified atom stereocenters. The predicted molar refractivity (Wildman–Crippen MR) is 156 cm³/mol. The SMILES string of the molecule is O=C1c2ccccc2C(=O)N1c1cccc(Oc2cccc(Oc3cccc(N4C(=O)c5ccc(O)cc5C4=O)c3)c2)c1. The summed E-state index contributed by atoms with van der Waals surface area (Å²) in [6.07, 6.45) is 0. The first-order chi connectivity index (χ1) is 20.9. The molecule has 43 heavy (non-hydrogen) atoms. The minimum absolute atomic E-state index is 0.101. The summed E-state index contributed by atoms with van der Waals surface area (Å²) in [7, 11) is 0. The topological polar surface area (TPSA) is 113 Å². The third-order valence-corrected chi connectivity index (χ3v) is 7.09. The maximum atomic E-state index is 12.9. The van der Waals surface area contributed by atoms with Crippen LogP contribution in [0.3, 0.4) is 0 Å². The second-order valence-corrected chi connectivity index (χ2v) is 9.84. The molecule has 9 nitrogen and oxygen atoms in total. The highest BCUT2D eigenvalue weighted by molar-refractivity contribution is 6.35. The second-order valence-electron chi connectivity index (χ2n) is 9.84. The van der Waals surface area contributed by atoms with E-state index < -0.39 is 23.6 Å². The van der Waals surface area contributed by atoms with Crippen LogP contribution >= 0.6 is 0 Å². The van der Waals surface area contributed by atoms with Gasteiger partial charge in [0, 0.05) is 18.2 Å². The standard InChI is InChI=1S/C34H20N2O7/c37-22-14-15-29-30(18-22)34(41)36(33(29)40)21-7-4-9-24(17-21)43-26-11-5-10-25(19-26)42-23-8-3-6-20(16-23)35-31(38)27-12-1-2-13-28(27)32(35)39/h1-19,37H. The molecule has 2 aliphatic rings. The summed E-state index contributed by atoms with van der Waals surface area (Å²) in [5.74, 6) is -0.262. The Morgan fingerprint density at radius 1 is 0.419 bits per heavy atom. The van der Waals surface area contributed by atoms with E-state index in [2.05, 4.69) is 0 Å². The molecule has 208 valence electrons. The molecule has 0 spiro atoms. The molecule has 2 heterocycles. The van der Waals surface area contributed by atoms with E-state index in [0.29, 0.717) is 45.5 Å². The molecule has 2 aliphatic heterocycles. The van der Waals surface area contributed by atoms with Crippen molar-refractivity contribution in [3.05, 3.63) is 138 Å². The van der Waals surface area contributed by atoms with E-state index in [1.807, 2.05) is 0 Å². The lowest BCUT2D eigenvalue weighted by atomic mass is 10.1. The van der Waals surface area contributed by atoms with Crippen LogP contribution in [0.15, 0.2) is 115 Å². The summed E-state index contributed by atoms with van der Waals surface area (Å²) in [5.41, 5.74) is 1.77. The van der Waals surface area contributed by atoms with Gasteiger partial charge in [-0.05, 0) is 66.7 Å². The van der Waals surface area contributed by atoms with Gasteiger partial charge in [-0.2, -0.15) is 0 Å². The normalized spacial score (nSPS) is 13.8. The molecule has 0 saturated heterocycles.